The maximum atomic E-state index is 13.6. The van der Waals surface area contributed by atoms with Crippen LogP contribution in [-0.4, -0.2) is 49.8 Å². The molecule has 2 aromatic rings. The minimum Gasteiger partial charge on any atom is -0.448 e. The molecule has 0 radical (unpaired) electrons. The fraction of sp³-hybridized carbons (Fsp3) is 0.296. The number of β-lactam (4-membered cyclic amide) rings is 1. The van der Waals surface area contributed by atoms with E-state index in [0.29, 0.717) is 5.57 Å². The van der Waals surface area contributed by atoms with Crippen LogP contribution in [0.5, 0.6) is 0 Å². The van der Waals surface area contributed by atoms with Gasteiger partial charge in [-0.3, -0.25) is 13.9 Å². The Kier molecular flexibility index (Phi) is 7.85. The first kappa shape index (κ1) is 26.6. The molecule has 0 aromatic heterocycles. The molecule has 37 heavy (non-hydrogen) atoms. The third kappa shape index (κ3) is 5.78. The number of hydrogen-bond donors (Lipinski definition) is 1. The first-order valence-corrected chi connectivity index (χ1v) is 13.4. The maximum absolute atomic E-state index is 13.6. The first-order valence-electron chi connectivity index (χ1n) is 11.6. The van der Waals surface area contributed by atoms with Crippen molar-refractivity contribution in [1.82, 2.24) is 10.2 Å². The highest BCUT2D eigenvalue weighted by Gasteiger charge is 2.57. The van der Waals surface area contributed by atoms with Crippen LogP contribution in [-0.2, 0) is 29.9 Å². The minimum absolute atomic E-state index is 0.0457. The summed E-state index contributed by atoms with van der Waals surface area (Å²) in [6.07, 6.45) is -0.134. The van der Waals surface area contributed by atoms with Crippen molar-refractivity contribution < 1.29 is 28.1 Å². The van der Waals surface area contributed by atoms with Crippen molar-refractivity contribution in [1.29, 1.82) is 0 Å². The molecule has 2 aliphatic heterocycles. The van der Waals surface area contributed by atoms with Crippen molar-refractivity contribution in [3.63, 3.8) is 0 Å². The number of benzene rings is 2. The lowest BCUT2D eigenvalue weighted by Crippen LogP contribution is -2.73. The molecule has 2 aromatic carbocycles. The Morgan fingerprint density at radius 3 is 2.16 bits per heavy atom. The number of nitrogens with zero attached hydrogens (tertiary/aromatic N) is 1. The van der Waals surface area contributed by atoms with E-state index in [4.69, 9.17) is 21.1 Å². The predicted octanol–water partition coefficient (Wildman–Crippen LogP) is 4.15. The molecule has 2 amide bonds. The van der Waals surface area contributed by atoms with Crippen LogP contribution in [0.1, 0.15) is 38.0 Å². The van der Waals surface area contributed by atoms with E-state index in [1.807, 2.05) is 60.7 Å². The molecule has 0 spiro atoms. The van der Waals surface area contributed by atoms with Gasteiger partial charge in [0.2, 0.25) is 0 Å². The van der Waals surface area contributed by atoms with Gasteiger partial charge >= 0.3 is 12.1 Å². The van der Waals surface area contributed by atoms with Gasteiger partial charge in [-0.2, -0.15) is 0 Å². The lowest BCUT2D eigenvalue weighted by Gasteiger charge is -2.49. The van der Waals surface area contributed by atoms with Crippen LogP contribution in [0.15, 0.2) is 83.5 Å². The van der Waals surface area contributed by atoms with Gasteiger partial charge < -0.3 is 14.8 Å². The zero-order valence-corrected chi connectivity index (χ0v) is 22.1. The fourth-order valence-electron chi connectivity index (χ4n) is 4.18. The summed E-state index contributed by atoms with van der Waals surface area (Å²) in [7, 11) is -1.61. The van der Waals surface area contributed by atoms with Crippen molar-refractivity contribution in [3.8, 4) is 0 Å². The normalized spacial score (nSPS) is 21.5. The summed E-state index contributed by atoms with van der Waals surface area (Å²) in [5.74, 6) is -1.41. The SMILES string of the molecule is CC(C)(C)OC(=O)NC1C(=O)N2C(C(=O)OC(c3ccccc3)c3ccccc3)=C(/C=C/Cl)CS(=O)[C@H]12. The molecule has 194 valence electrons. The van der Waals surface area contributed by atoms with E-state index in [1.54, 1.807) is 20.8 Å². The van der Waals surface area contributed by atoms with Crippen LogP contribution in [0, 0.1) is 0 Å². The molecule has 0 bridgehead atoms. The van der Waals surface area contributed by atoms with Gasteiger partial charge in [-0.15, -0.1) is 0 Å². The molecule has 8 nitrogen and oxygen atoms in total. The Morgan fingerprint density at radius 2 is 1.65 bits per heavy atom. The summed E-state index contributed by atoms with van der Waals surface area (Å²) < 4.78 is 24.3. The quantitative estimate of drug-likeness (QED) is 0.434. The number of ether oxygens (including phenoxy) is 2. The molecule has 1 saturated heterocycles. The molecule has 0 saturated carbocycles. The number of esters is 1. The van der Waals surface area contributed by atoms with Gasteiger partial charge in [0.15, 0.2) is 6.10 Å². The van der Waals surface area contributed by atoms with E-state index in [1.165, 1.54) is 11.6 Å². The second kappa shape index (κ2) is 10.9. The largest absolute Gasteiger partial charge is 0.448 e. The molecule has 2 heterocycles. The van der Waals surface area contributed by atoms with Crippen LogP contribution in [0.25, 0.3) is 0 Å². The van der Waals surface area contributed by atoms with E-state index in [-0.39, 0.29) is 11.4 Å². The Balaban J connectivity index is 1.64. The Labute approximate surface area is 222 Å². The Hall–Kier alpha value is -3.43. The molecule has 10 heteroatoms. The first-order chi connectivity index (χ1) is 17.6. The number of hydrogen-bond acceptors (Lipinski definition) is 6. The highest BCUT2D eigenvalue weighted by Crippen LogP contribution is 2.37. The van der Waals surface area contributed by atoms with Crippen LogP contribution in [0.2, 0.25) is 0 Å². The van der Waals surface area contributed by atoms with Gasteiger partial charge in [0.05, 0.1) is 16.6 Å². The lowest BCUT2D eigenvalue weighted by molar-refractivity contribution is -0.153. The average Bonchev–Trinajstić information content (AvgIpc) is 2.85. The molecule has 1 N–H and O–H groups in total. The number of amides is 2. The standard InChI is InChI=1S/C27H27ClN2O6S/c1-27(2,3)36-26(33)29-20-23(31)30-21(19(14-15-28)16-37(34)24(20)30)25(32)35-22(17-10-6-4-7-11-17)18-12-8-5-9-13-18/h4-15,20,22,24H,16H2,1-3H3,(H,29,33)/b15-14+/t20?,24-,37?/m1/s1. The van der Waals surface area contributed by atoms with Crippen LogP contribution >= 0.6 is 11.6 Å². The summed E-state index contributed by atoms with van der Waals surface area (Å²) in [5, 5.41) is 1.54. The molecule has 2 aliphatic rings. The smallest absolute Gasteiger partial charge is 0.408 e. The number of rotatable bonds is 6. The topological polar surface area (TPSA) is 102 Å². The monoisotopic (exact) mass is 542 g/mol. The predicted molar refractivity (Wildman–Crippen MR) is 140 cm³/mol. The second-order valence-corrected chi connectivity index (χ2v) is 11.3. The number of carbonyl (C=O) groups excluding carboxylic acids is 3. The van der Waals surface area contributed by atoms with E-state index in [2.05, 4.69) is 5.32 Å². The number of alkyl carbamates (subject to hydrolysis) is 1. The molecule has 4 rings (SSSR count). The molecular formula is C27H27ClN2O6S. The second-order valence-electron chi connectivity index (χ2n) is 9.52. The summed E-state index contributed by atoms with van der Waals surface area (Å²) in [6.45, 7) is 5.08. The van der Waals surface area contributed by atoms with E-state index in [9.17, 15) is 18.6 Å². The summed E-state index contributed by atoms with van der Waals surface area (Å²) in [4.78, 5) is 40.2. The number of halogens is 1. The van der Waals surface area contributed by atoms with Gasteiger partial charge in [-0.1, -0.05) is 72.3 Å². The molecular weight excluding hydrogens is 516 g/mol. The van der Waals surface area contributed by atoms with Crippen LogP contribution in [0.4, 0.5) is 4.79 Å². The highest BCUT2D eigenvalue weighted by molar-refractivity contribution is 7.86. The summed E-state index contributed by atoms with van der Waals surface area (Å²) >= 11 is 5.80. The van der Waals surface area contributed by atoms with E-state index < -0.39 is 51.9 Å². The fourth-order valence-corrected chi connectivity index (χ4v) is 5.97. The molecule has 2 unspecified atom stereocenters. The molecule has 0 aliphatic carbocycles. The number of allylic oxidation sites excluding steroid dienone is 1. The van der Waals surface area contributed by atoms with E-state index in [0.717, 1.165) is 16.0 Å². The van der Waals surface area contributed by atoms with Gasteiger partial charge in [-0.05, 0) is 43.5 Å². The summed E-state index contributed by atoms with van der Waals surface area (Å²) in [6, 6.07) is 17.3. The van der Waals surface area contributed by atoms with Crippen molar-refractivity contribution in [2.24, 2.45) is 0 Å². The molecule has 3 atom stereocenters. The zero-order chi connectivity index (χ0) is 26.7. The average molecular weight is 543 g/mol. The third-order valence-electron chi connectivity index (χ3n) is 5.71. The minimum atomic E-state index is -1.61. The summed E-state index contributed by atoms with van der Waals surface area (Å²) in [5.41, 5.74) is 2.15. The van der Waals surface area contributed by atoms with Gasteiger partial charge in [-0.25, -0.2) is 9.59 Å². The van der Waals surface area contributed by atoms with E-state index >= 15 is 0 Å². The van der Waals surface area contributed by atoms with Crippen molar-refractivity contribution >= 4 is 40.4 Å². The lowest BCUT2D eigenvalue weighted by atomic mass is 10.0. The van der Waals surface area contributed by atoms with Crippen LogP contribution < -0.4 is 5.32 Å². The zero-order valence-electron chi connectivity index (χ0n) is 20.6. The Morgan fingerprint density at radius 1 is 1.08 bits per heavy atom. The van der Waals surface area contributed by atoms with Gasteiger partial charge in [0, 0.05) is 5.54 Å². The van der Waals surface area contributed by atoms with Crippen molar-refractivity contribution in [3.05, 3.63) is 94.7 Å². The Bertz CT molecular complexity index is 1230. The number of nitrogens with one attached hydrogen (secondary N) is 1. The molecule has 1 fully saturated rings. The maximum Gasteiger partial charge on any atom is 0.408 e. The van der Waals surface area contributed by atoms with Crippen molar-refractivity contribution in [2.45, 2.75) is 43.9 Å². The van der Waals surface area contributed by atoms with Gasteiger partial charge in [0.1, 0.15) is 22.7 Å². The highest BCUT2D eigenvalue weighted by atomic mass is 35.5. The van der Waals surface area contributed by atoms with Crippen molar-refractivity contribution in [2.75, 3.05) is 5.75 Å². The third-order valence-corrected chi connectivity index (χ3v) is 7.46. The van der Waals surface area contributed by atoms with Crippen LogP contribution in [0.3, 0.4) is 0 Å². The number of carbonyl (C=O) groups is 3. The number of fused-ring (bicyclic) bond motifs is 1. The van der Waals surface area contributed by atoms with Gasteiger partial charge in [0.25, 0.3) is 5.91 Å².